The van der Waals surface area contributed by atoms with Crippen LogP contribution < -0.4 is 5.32 Å². The number of rotatable bonds is 7. The molecule has 0 saturated carbocycles. The fraction of sp³-hybridized carbons (Fsp3) is 0.200. The molecule has 1 amide bonds. The molecule has 0 aliphatic carbocycles. The van der Waals surface area contributed by atoms with Crippen LogP contribution in [0.4, 0.5) is 18.9 Å². The van der Waals surface area contributed by atoms with Gasteiger partial charge in [0, 0.05) is 25.9 Å². The average molecular weight is 491 g/mol. The van der Waals surface area contributed by atoms with Gasteiger partial charge in [-0.15, -0.1) is 0 Å². The van der Waals surface area contributed by atoms with Gasteiger partial charge in [0.2, 0.25) is 10.0 Å². The number of benzene rings is 2. The second-order valence-electron chi connectivity index (χ2n) is 6.55. The average Bonchev–Trinajstić information content (AvgIpc) is 2.71. The molecular weight excluding hydrogens is 473 g/mol. The predicted molar refractivity (Wildman–Crippen MR) is 112 cm³/mol. The maximum atomic E-state index is 12.7. The third-order valence-electron chi connectivity index (χ3n) is 3.94. The van der Waals surface area contributed by atoms with Crippen LogP contribution in [0.3, 0.4) is 0 Å². The van der Waals surface area contributed by atoms with Gasteiger partial charge >= 0.3 is 12.1 Å². The van der Waals surface area contributed by atoms with E-state index in [-0.39, 0.29) is 21.2 Å². The number of hydrogen-bond acceptors (Lipinski definition) is 5. The SMILES string of the molecule is CN(C)S(=O)(=O)c1cc(NC(=O)COC(=O)C=Cc2cccc(C(F)(F)F)c2)ccc1Cl. The van der Waals surface area contributed by atoms with Gasteiger partial charge in [0.1, 0.15) is 4.90 Å². The van der Waals surface area contributed by atoms with Gasteiger partial charge in [-0.25, -0.2) is 17.5 Å². The molecule has 12 heteroatoms. The van der Waals surface area contributed by atoms with Crippen LogP contribution in [-0.4, -0.2) is 45.3 Å². The first-order valence-corrected chi connectivity index (χ1v) is 10.7. The molecule has 0 radical (unpaired) electrons. The summed E-state index contributed by atoms with van der Waals surface area (Å²) >= 11 is 5.93. The highest BCUT2D eigenvalue weighted by atomic mass is 35.5. The van der Waals surface area contributed by atoms with Crippen LogP contribution in [0.1, 0.15) is 11.1 Å². The Balaban J connectivity index is 1.98. The molecule has 2 rings (SSSR count). The van der Waals surface area contributed by atoms with E-state index in [9.17, 15) is 31.2 Å². The topological polar surface area (TPSA) is 92.8 Å². The number of alkyl halides is 3. The molecular formula is C20H18ClF3N2O5S. The van der Waals surface area contributed by atoms with E-state index in [1.54, 1.807) is 0 Å². The first-order valence-electron chi connectivity index (χ1n) is 8.85. The van der Waals surface area contributed by atoms with Crippen molar-refractivity contribution in [1.29, 1.82) is 0 Å². The Morgan fingerprint density at radius 3 is 2.47 bits per heavy atom. The van der Waals surface area contributed by atoms with Crippen LogP contribution in [0.15, 0.2) is 53.4 Å². The Morgan fingerprint density at radius 1 is 1.16 bits per heavy atom. The molecule has 2 aromatic carbocycles. The first kappa shape index (κ1) is 25.4. The van der Waals surface area contributed by atoms with Gasteiger partial charge in [0.25, 0.3) is 5.91 Å². The smallest absolute Gasteiger partial charge is 0.416 e. The summed E-state index contributed by atoms with van der Waals surface area (Å²) < 4.78 is 68.3. The quantitative estimate of drug-likeness (QED) is 0.470. The van der Waals surface area contributed by atoms with E-state index in [1.807, 2.05) is 0 Å². The van der Waals surface area contributed by atoms with Crippen molar-refractivity contribution in [1.82, 2.24) is 4.31 Å². The van der Waals surface area contributed by atoms with E-state index in [1.165, 1.54) is 38.4 Å². The van der Waals surface area contributed by atoms with Crippen molar-refractivity contribution in [3.63, 3.8) is 0 Å². The van der Waals surface area contributed by atoms with Crippen molar-refractivity contribution in [3.05, 3.63) is 64.7 Å². The molecule has 172 valence electrons. The van der Waals surface area contributed by atoms with Gasteiger partial charge in [-0.1, -0.05) is 23.7 Å². The van der Waals surface area contributed by atoms with E-state index in [2.05, 4.69) is 5.32 Å². The Bertz CT molecular complexity index is 1150. The van der Waals surface area contributed by atoms with E-state index < -0.39 is 40.2 Å². The summed E-state index contributed by atoms with van der Waals surface area (Å²) in [6.07, 6.45) is -2.52. The maximum absolute atomic E-state index is 12.7. The number of sulfonamides is 1. The van der Waals surface area contributed by atoms with Crippen LogP contribution in [0, 0.1) is 0 Å². The fourth-order valence-electron chi connectivity index (χ4n) is 2.34. The van der Waals surface area contributed by atoms with E-state index >= 15 is 0 Å². The lowest BCUT2D eigenvalue weighted by molar-refractivity contribution is -0.142. The molecule has 0 aromatic heterocycles. The summed E-state index contributed by atoms with van der Waals surface area (Å²) in [5, 5.41) is 2.33. The Morgan fingerprint density at radius 2 is 1.84 bits per heavy atom. The van der Waals surface area contributed by atoms with Crippen molar-refractivity contribution in [3.8, 4) is 0 Å². The number of nitrogens with one attached hydrogen (secondary N) is 1. The zero-order valence-electron chi connectivity index (χ0n) is 16.8. The molecule has 2 aromatic rings. The molecule has 0 spiro atoms. The summed E-state index contributed by atoms with van der Waals surface area (Å²) in [5.74, 6) is -1.72. The van der Waals surface area contributed by atoms with E-state index in [4.69, 9.17) is 16.3 Å². The highest BCUT2D eigenvalue weighted by Gasteiger charge is 2.30. The minimum atomic E-state index is -4.52. The van der Waals surface area contributed by atoms with Gasteiger partial charge in [0.15, 0.2) is 6.61 Å². The lowest BCUT2D eigenvalue weighted by Crippen LogP contribution is -2.23. The largest absolute Gasteiger partial charge is 0.452 e. The Labute approximate surface area is 187 Å². The molecule has 0 aliphatic rings. The third-order valence-corrected chi connectivity index (χ3v) is 6.24. The summed E-state index contributed by atoms with van der Waals surface area (Å²) in [4.78, 5) is 23.5. The number of halogens is 4. The highest BCUT2D eigenvalue weighted by Crippen LogP contribution is 2.30. The number of carbonyl (C=O) groups excluding carboxylic acids is 2. The van der Waals surface area contributed by atoms with Crippen molar-refractivity contribution in [2.75, 3.05) is 26.0 Å². The molecule has 0 heterocycles. The van der Waals surface area contributed by atoms with Gasteiger partial charge in [0.05, 0.1) is 10.6 Å². The van der Waals surface area contributed by atoms with Gasteiger partial charge in [-0.05, 0) is 42.0 Å². The van der Waals surface area contributed by atoms with Gasteiger partial charge < -0.3 is 10.1 Å². The summed E-state index contributed by atoms with van der Waals surface area (Å²) in [6, 6.07) is 8.12. The van der Waals surface area contributed by atoms with Crippen molar-refractivity contribution < 1.29 is 35.9 Å². The number of ether oxygens (including phenoxy) is 1. The van der Waals surface area contributed by atoms with E-state index in [0.717, 1.165) is 34.7 Å². The minimum absolute atomic E-state index is 0.0390. The second kappa shape index (κ2) is 10.2. The van der Waals surface area contributed by atoms with Gasteiger partial charge in [-0.3, -0.25) is 4.79 Å². The second-order valence-corrected chi connectivity index (χ2v) is 9.07. The van der Waals surface area contributed by atoms with Crippen LogP contribution in [-0.2, 0) is 30.5 Å². The minimum Gasteiger partial charge on any atom is -0.452 e. The Hall–Kier alpha value is -2.89. The molecule has 0 fully saturated rings. The standard InChI is InChI=1S/C20H18ClF3N2O5S/c1-26(2)32(29,30)17-11-15(7-8-16(17)21)25-18(27)12-31-19(28)9-6-13-4-3-5-14(10-13)20(22,23)24/h3-11H,12H2,1-2H3,(H,25,27). The number of hydrogen-bond donors (Lipinski definition) is 1. The molecule has 32 heavy (non-hydrogen) atoms. The number of amides is 1. The molecule has 0 bridgehead atoms. The zero-order chi connectivity index (χ0) is 24.1. The maximum Gasteiger partial charge on any atom is 0.416 e. The summed E-state index contributed by atoms with van der Waals surface area (Å²) in [7, 11) is -1.21. The van der Waals surface area contributed by atoms with Crippen molar-refractivity contribution in [2.24, 2.45) is 0 Å². The molecule has 0 unspecified atom stereocenters. The predicted octanol–water partition coefficient (Wildman–Crippen LogP) is 3.80. The van der Waals surface area contributed by atoms with Crippen molar-refractivity contribution >= 4 is 45.3 Å². The van der Waals surface area contributed by atoms with Crippen molar-refractivity contribution in [2.45, 2.75) is 11.1 Å². The molecule has 0 aliphatic heterocycles. The molecule has 7 nitrogen and oxygen atoms in total. The lowest BCUT2D eigenvalue weighted by Gasteiger charge is -2.14. The first-order chi connectivity index (χ1) is 14.8. The highest BCUT2D eigenvalue weighted by molar-refractivity contribution is 7.89. The normalized spacial score (nSPS) is 12.2. The number of anilines is 1. The van der Waals surface area contributed by atoms with Crippen LogP contribution in [0.2, 0.25) is 5.02 Å². The monoisotopic (exact) mass is 490 g/mol. The Kier molecular flexibility index (Phi) is 8.05. The van der Waals surface area contributed by atoms with E-state index in [0.29, 0.717) is 0 Å². The van der Waals surface area contributed by atoms with Crippen LogP contribution in [0.5, 0.6) is 0 Å². The fourth-order valence-corrected chi connectivity index (χ4v) is 3.73. The summed E-state index contributed by atoms with van der Waals surface area (Å²) in [5.41, 5.74) is -0.640. The molecule has 1 N–H and O–H groups in total. The number of carbonyl (C=O) groups is 2. The third kappa shape index (κ3) is 6.81. The van der Waals surface area contributed by atoms with Gasteiger partial charge in [-0.2, -0.15) is 13.2 Å². The lowest BCUT2D eigenvalue weighted by atomic mass is 10.1. The van der Waals surface area contributed by atoms with Crippen LogP contribution in [0.25, 0.3) is 6.08 Å². The zero-order valence-corrected chi connectivity index (χ0v) is 18.4. The van der Waals surface area contributed by atoms with Crippen LogP contribution >= 0.6 is 11.6 Å². The molecule has 0 saturated heterocycles. The number of esters is 1. The molecule has 0 atom stereocenters. The number of nitrogens with zero attached hydrogens (tertiary/aromatic N) is 1. The summed E-state index contributed by atoms with van der Waals surface area (Å²) in [6.45, 7) is -0.704.